The minimum atomic E-state index is -1.58. The highest BCUT2D eigenvalue weighted by Gasteiger charge is 2.49. The Morgan fingerprint density at radius 2 is 1.86 bits per heavy atom. The van der Waals surface area contributed by atoms with Crippen LogP contribution in [0, 0.1) is 0 Å². The molecule has 0 bridgehead atoms. The van der Waals surface area contributed by atoms with E-state index >= 15 is 0 Å². The van der Waals surface area contributed by atoms with E-state index < -0.39 is 23.5 Å². The topological polar surface area (TPSA) is 124 Å². The summed E-state index contributed by atoms with van der Waals surface area (Å²) in [4.78, 5) is 23.9. The molecule has 9 heteroatoms. The number of rotatable bonds is 4. The summed E-state index contributed by atoms with van der Waals surface area (Å²) in [6.07, 6.45) is -0.161. The molecule has 0 aromatic heterocycles. The van der Waals surface area contributed by atoms with Gasteiger partial charge in [0, 0.05) is 25.1 Å². The van der Waals surface area contributed by atoms with Crippen molar-refractivity contribution in [3.8, 4) is 5.75 Å². The van der Waals surface area contributed by atoms with Gasteiger partial charge in [0.25, 0.3) is 0 Å². The fourth-order valence-corrected chi connectivity index (χ4v) is 2.44. The van der Waals surface area contributed by atoms with Crippen LogP contribution in [0.2, 0.25) is 0 Å². The second-order valence-corrected chi connectivity index (χ2v) is 5.05. The molecule has 22 heavy (non-hydrogen) atoms. The molecule has 5 N–H and O–H groups in total. The van der Waals surface area contributed by atoms with Crippen molar-refractivity contribution in [3.05, 3.63) is 29.8 Å². The molecule has 124 valence electrons. The number of carboxylic acids is 2. The maximum Gasteiger partial charge on any atom is 0.325 e. The van der Waals surface area contributed by atoms with Crippen LogP contribution in [0.25, 0.3) is 0 Å². The van der Waals surface area contributed by atoms with Gasteiger partial charge >= 0.3 is 11.9 Å². The van der Waals surface area contributed by atoms with Gasteiger partial charge in [0.05, 0.1) is 0 Å². The number of para-hydroxylation sites is 1. The highest BCUT2D eigenvalue weighted by molar-refractivity contribution is 5.85. The SMILES string of the molecule is Cl.Cl.N[C@]1(C(=O)O)C[C@H](C(=O)O)N(Cc2ccccc2O)C1. The van der Waals surface area contributed by atoms with Crippen molar-refractivity contribution in [3.63, 3.8) is 0 Å². The number of phenols is 1. The van der Waals surface area contributed by atoms with Gasteiger partial charge in [0.15, 0.2) is 0 Å². The van der Waals surface area contributed by atoms with E-state index in [-0.39, 0.29) is 50.1 Å². The van der Waals surface area contributed by atoms with Crippen LogP contribution in [0.4, 0.5) is 0 Å². The standard InChI is InChI=1S/C13H16N2O5.2ClH/c14-13(12(19)20)5-9(11(17)18)15(7-13)6-8-3-1-2-4-10(8)16;;/h1-4,9,16H,5-7,14H2,(H,17,18)(H,19,20);2*1H/t9-,13-;;/m1../s1. The largest absolute Gasteiger partial charge is 0.508 e. The van der Waals surface area contributed by atoms with E-state index in [1.807, 2.05) is 0 Å². The number of benzene rings is 1. The molecule has 0 amide bonds. The Hall–Kier alpha value is -1.54. The van der Waals surface area contributed by atoms with Gasteiger partial charge in [0.1, 0.15) is 17.3 Å². The van der Waals surface area contributed by atoms with Crippen LogP contribution in [0.5, 0.6) is 5.75 Å². The fourth-order valence-electron chi connectivity index (χ4n) is 2.44. The van der Waals surface area contributed by atoms with E-state index in [0.29, 0.717) is 5.56 Å². The molecule has 0 spiro atoms. The van der Waals surface area contributed by atoms with Crippen LogP contribution >= 0.6 is 24.8 Å². The molecule has 0 aliphatic carbocycles. The van der Waals surface area contributed by atoms with Gasteiger partial charge in [-0.1, -0.05) is 18.2 Å². The Balaban J connectivity index is 0.00000220. The summed E-state index contributed by atoms with van der Waals surface area (Å²) < 4.78 is 0. The van der Waals surface area contributed by atoms with Crippen molar-refractivity contribution in [2.75, 3.05) is 6.54 Å². The number of aliphatic carboxylic acids is 2. The van der Waals surface area contributed by atoms with Gasteiger partial charge in [-0.15, -0.1) is 24.8 Å². The van der Waals surface area contributed by atoms with Crippen molar-refractivity contribution in [2.24, 2.45) is 5.73 Å². The molecule has 1 heterocycles. The Bertz CT molecular complexity index is 557. The van der Waals surface area contributed by atoms with E-state index in [1.54, 1.807) is 18.2 Å². The number of nitrogens with zero attached hydrogens (tertiary/aromatic N) is 1. The van der Waals surface area contributed by atoms with Crippen molar-refractivity contribution in [2.45, 2.75) is 24.5 Å². The van der Waals surface area contributed by atoms with Crippen molar-refractivity contribution in [1.82, 2.24) is 4.90 Å². The zero-order valence-electron chi connectivity index (χ0n) is 11.5. The Morgan fingerprint density at radius 3 is 2.36 bits per heavy atom. The maximum atomic E-state index is 11.2. The molecule has 1 fully saturated rings. The van der Waals surface area contributed by atoms with Crippen LogP contribution in [0.15, 0.2) is 24.3 Å². The number of halogens is 2. The van der Waals surface area contributed by atoms with Gasteiger partial charge in [-0.05, 0) is 6.07 Å². The molecule has 1 aromatic carbocycles. The normalized spacial score (nSPS) is 24.1. The molecule has 2 atom stereocenters. The van der Waals surface area contributed by atoms with E-state index in [4.69, 9.17) is 10.8 Å². The number of hydrogen-bond donors (Lipinski definition) is 4. The van der Waals surface area contributed by atoms with Gasteiger partial charge < -0.3 is 21.1 Å². The third kappa shape index (κ3) is 4.01. The number of phenolic OH excluding ortho intramolecular Hbond substituents is 1. The lowest BCUT2D eigenvalue weighted by Gasteiger charge is -2.22. The minimum Gasteiger partial charge on any atom is -0.508 e. The number of carboxylic acid groups (broad SMARTS) is 2. The number of aromatic hydroxyl groups is 1. The van der Waals surface area contributed by atoms with Gasteiger partial charge in [0.2, 0.25) is 0 Å². The smallest absolute Gasteiger partial charge is 0.325 e. The van der Waals surface area contributed by atoms with Crippen LogP contribution < -0.4 is 5.73 Å². The summed E-state index contributed by atoms with van der Waals surface area (Å²) in [5.74, 6) is -2.29. The molecule has 0 unspecified atom stereocenters. The summed E-state index contributed by atoms with van der Waals surface area (Å²) in [5.41, 5.74) is 4.70. The quantitative estimate of drug-likeness (QED) is 0.627. The zero-order valence-corrected chi connectivity index (χ0v) is 13.1. The molecular formula is C13H18Cl2N2O5. The molecule has 1 aromatic rings. The fraction of sp³-hybridized carbons (Fsp3) is 0.385. The second kappa shape index (κ2) is 7.64. The molecule has 0 radical (unpaired) electrons. The number of hydrogen-bond acceptors (Lipinski definition) is 5. The first-order valence-electron chi connectivity index (χ1n) is 6.09. The summed E-state index contributed by atoms with van der Waals surface area (Å²) in [6.45, 7) is 0.0590. The van der Waals surface area contributed by atoms with Crippen LogP contribution in [0.3, 0.4) is 0 Å². The molecule has 0 saturated carbocycles. The van der Waals surface area contributed by atoms with Crippen LogP contribution in [-0.4, -0.2) is 50.3 Å². The Morgan fingerprint density at radius 1 is 1.27 bits per heavy atom. The van der Waals surface area contributed by atoms with Gasteiger partial charge in [-0.25, -0.2) is 0 Å². The average molecular weight is 353 g/mol. The highest BCUT2D eigenvalue weighted by Crippen LogP contribution is 2.29. The second-order valence-electron chi connectivity index (χ2n) is 5.05. The van der Waals surface area contributed by atoms with Gasteiger partial charge in [-0.2, -0.15) is 0 Å². The summed E-state index contributed by atoms with van der Waals surface area (Å²) in [5, 5.41) is 28.0. The first-order chi connectivity index (χ1) is 9.33. The van der Waals surface area contributed by atoms with Crippen LogP contribution in [0.1, 0.15) is 12.0 Å². The van der Waals surface area contributed by atoms with E-state index in [2.05, 4.69) is 0 Å². The predicted octanol–water partition coefficient (Wildman–Crippen LogP) is 0.677. The summed E-state index contributed by atoms with van der Waals surface area (Å²) in [6, 6.07) is 5.55. The molecular weight excluding hydrogens is 335 g/mol. The number of likely N-dealkylation sites (tertiary alicyclic amines) is 1. The molecule has 1 aliphatic heterocycles. The monoisotopic (exact) mass is 352 g/mol. The predicted molar refractivity (Wildman–Crippen MR) is 83.6 cm³/mol. The lowest BCUT2D eigenvalue weighted by atomic mass is 9.98. The van der Waals surface area contributed by atoms with E-state index in [9.17, 15) is 19.8 Å². The molecule has 2 rings (SSSR count). The average Bonchev–Trinajstić information content (AvgIpc) is 2.71. The number of nitrogens with two attached hydrogens (primary N) is 1. The van der Waals surface area contributed by atoms with Crippen molar-refractivity contribution < 1.29 is 24.9 Å². The van der Waals surface area contributed by atoms with Crippen molar-refractivity contribution >= 4 is 36.8 Å². The first-order valence-corrected chi connectivity index (χ1v) is 6.09. The summed E-state index contributed by atoms with van der Waals surface area (Å²) >= 11 is 0. The molecule has 7 nitrogen and oxygen atoms in total. The highest BCUT2D eigenvalue weighted by atomic mass is 35.5. The Kier molecular flexibility index (Phi) is 7.11. The van der Waals surface area contributed by atoms with Crippen LogP contribution in [-0.2, 0) is 16.1 Å². The Labute approximate surface area is 139 Å². The maximum absolute atomic E-state index is 11.2. The lowest BCUT2D eigenvalue weighted by Crippen LogP contribution is -2.50. The first kappa shape index (κ1) is 20.5. The van der Waals surface area contributed by atoms with E-state index in [0.717, 1.165) is 0 Å². The van der Waals surface area contributed by atoms with Gasteiger partial charge in [-0.3, -0.25) is 14.5 Å². The lowest BCUT2D eigenvalue weighted by molar-refractivity contribution is -0.142. The zero-order chi connectivity index (χ0) is 14.9. The number of carbonyl (C=O) groups is 2. The third-order valence-corrected chi connectivity index (χ3v) is 3.56. The van der Waals surface area contributed by atoms with Crippen molar-refractivity contribution in [1.29, 1.82) is 0 Å². The minimum absolute atomic E-state index is 0. The third-order valence-electron chi connectivity index (χ3n) is 3.56. The molecule has 1 saturated heterocycles. The summed E-state index contributed by atoms with van der Waals surface area (Å²) in [7, 11) is 0. The van der Waals surface area contributed by atoms with E-state index in [1.165, 1.54) is 11.0 Å². The molecule has 1 aliphatic rings.